The predicted octanol–water partition coefficient (Wildman–Crippen LogP) is 5.38. The van der Waals surface area contributed by atoms with E-state index in [4.69, 9.17) is 4.74 Å². The summed E-state index contributed by atoms with van der Waals surface area (Å²) in [6, 6.07) is 8.64. The fourth-order valence-corrected chi connectivity index (χ4v) is 4.04. The van der Waals surface area contributed by atoms with Crippen LogP contribution in [-0.4, -0.2) is 20.7 Å². The third-order valence-corrected chi connectivity index (χ3v) is 5.57. The van der Waals surface area contributed by atoms with Crippen LogP contribution in [0.1, 0.15) is 50.6 Å². The third kappa shape index (κ3) is 3.56. The first-order valence-corrected chi connectivity index (χ1v) is 10.0. The average molecular weight is 415 g/mol. The van der Waals surface area contributed by atoms with Gasteiger partial charge in [0.1, 0.15) is 11.3 Å². The van der Waals surface area contributed by atoms with Gasteiger partial charge in [-0.1, -0.05) is 19.1 Å². The molecule has 4 rings (SSSR count). The van der Waals surface area contributed by atoms with E-state index >= 15 is 0 Å². The first kappa shape index (κ1) is 17.3. The van der Waals surface area contributed by atoms with Crippen molar-refractivity contribution in [2.24, 2.45) is 0 Å². The van der Waals surface area contributed by atoms with E-state index in [1.165, 1.54) is 31.2 Å². The zero-order chi connectivity index (χ0) is 17.9. The van der Waals surface area contributed by atoms with Gasteiger partial charge in [0.2, 0.25) is 0 Å². The number of halogens is 1. The summed E-state index contributed by atoms with van der Waals surface area (Å²) in [5.74, 6) is 1.80. The number of benzene rings is 1. The number of hydrogen-bond acceptors (Lipinski definition) is 4. The maximum Gasteiger partial charge on any atom is 0.153 e. The fourth-order valence-electron chi connectivity index (χ4n) is 3.58. The van der Waals surface area contributed by atoms with E-state index in [1.54, 1.807) is 12.4 Å². The van der Waals surface area contributed by atoms with Crippen molar-refractivity contribution in [2.45, 2.75) is 51.2 Å². The molecule has 1 fully saturated rings. The lowest BCUT2D eigenvalue weighted by Gasteiger charge is -2.20. The Balaban J connectivity index is 1.52. The van der Waals surface area contributed by atoms with Crippen molar-refractivity contribution in [1.82, 2.24) is 14.6 Å². The van der Waals surface area contributed by atoms with Gasteiger partial charge >= 0.3 is 0 Å². The second-order valence-corrected chi connectivity index (χ2v) is 7.61. The summed E-state index contributed by atoms with van der Waals surface area (Å²) in [6.45, 7) is 2.17. The van der Waals surface area contributed by atoms with E-state index in [0.717, 1.165) is 28.0 Å². The molecule has 0 saturated heterocycles. The molecule has 5 nitrogen and oxygen atoms in total. The Morgan fingerprint density at radius 3 is 2.77 bits per heavy atom. The van der Waals surface area contributed by atoms with E-state index < -0.39 is 0 Å². The van der Waals surface area contributed by atoms with Crippen LogP contribution in [0.3, 0.4) is 0 Å². The highest BCUT2D eigenvalue weighted by molar-refractivity contribution is 9.10. The molecule has 0 amide bonds. The van der Waals surface area contributed by atoms with E-state index in [9.17, 15) is 0 Å². The van der Waals surface area contributed by atoms with Crippen LogP contribution >= 0.6 is 15.9 Å². The first-order chi connectivity index (χ1) is 12.7. The smallest absolute Gasteiger partial charge is 0.153 e. The zero-order valence-electron chi connectivity index (χ0n) is 14.9. The highest BCUT2D eigenvalue weighted by Gasteiger charge is 2.17. The Bertz CT molecular complexity index is 871. The van der Waals surface area contributed by atoms with Crippen LogP contribution in [-0.2, 0) is 0 Å². The van der Waals surface area contributed by atoms with Crippen LogP contribution in [0.2, 0.25) is 0 Å². The fraction of sp³-hybridized carbons (Fsp3) is 0.400. The van der Waals surface area contributed by atoms with Crippen LogP contribution in [0.4, 0.5) is 5.82 Å². The largest absolute Gasteiger partial charge is 0.490 e. The number of nitrogens with one attached hydrogen (secondary N) is 1. The molecule has 0 spiro atoms. The molecular weight excluding hydrogens is 392 g/mol. The average Bonchev–Trinajstić information content (AvgIpc) is 3.31. The molecule has 26 heavy (non-hydrogen) atoms. The zero-order valence-corrected chi connectivity index (χ0v) is 16.4. The maximum atomic E-state index is 6.07. The summed E-state index contributed by atoms with van der Waals surface area (Å²) in [5.41, 5.74) is 2.18. The predicted molar refractivity (Wildman–Crippen MR) is 107 cm³/mol. The Morgan fingerprint density at radius 1 is 1.27 bits per heavy atom. The Morgan fingerprint density at radius 2 is 2.04 bits per heavy atom. The number of nitrogens with zero attached hydrogens (tertiary/aromatic N) is 3. The second-order valence-electron chi connectivity index (χ2n) is 6.76. The molecule has 1 N–H and O–H groups in total. The summed E-state index contributed by atoms with van der Waals surface area (Å²) < 4.78 is 8.83. The number of rotatable bonds is 6. The van der Waals surface area contributed by atoms with Gasteiger partial charge in [-0.05, 0) is 65.7 Å². The molecule has 0 bridgehead atoms. The van der Waals surface area contributed by atoms with Gasteiger partial charge in [-0.3, -0.25) is 0 Å². The van der Waals surface area contributed by atoms with Crippen LogP contribution in [0.25, 0.3) is 5.52 Å². The highest BCUT2D eigenvalue weighted by Crippen LogP contribution is 2.30. The second kappa shape index (κ2) is 7.66. The van der Waals surface area contributed by atoms with Crippen molar-refractivity contribution in [1.29, 1.82) is 0 Å². The summed E-state index contributed by atoms with van der Waals surface area (Å²) in [6.07, 6.45) is 11.7. The summed E-state index contributed by atoms with van der Waals surface area (Å²) in [5, 5.41) is 7.88. The molecule has 1 aromatic carbocycles. The van der Waals surface area contributed by atoms with Gasteiger partial charge in [-0.2, -0.15) is 5.10 Å². The van der Waals surface area contributed by atoms with Gasteiger partial charge in [0.05, 0.1) is 22.8 Å². The summed E-state index contributed by atoms with van der Waals surface area (Å²) in [7, 11) is 0. The molecule has 2 aromatic heterocycles. The molecule has 1 saturated carbocycles. The van der Waals surface area contributed by atoms with Crippen LogP contribution < -0.4 is 10.1 Å². The molecule has 136 valence electrons. The molecule has 1 aliphatic rings. The summed E-state index contributed by atoms with van der Waals surface area (Å²) >= 11 is 3.56. The molecule has 3 aromatic rings. The first-order valence-electron chi connectivity index (χ1n) is 9.25. The highest BCUT2D eigenvalue weighted by atomic mass is 79.9. The molecule has 1 unspecified atom stereocenters. The number of ether oxygens (including phenoxy) is 1. The van der Waals surface area contributed by atoms with E-state index in [-0.39, 0.29) is 6.04 Å². The van der Waals surface area contributed by atoms with Gasteiger partial charge in [0.25, 0.3) is 0 Å². The number of fused-ring (bicyclic) bond motifs is 1. The molecular formula is C20H23BrN4O. The van der Waals surface area contributed by atoms with Crippen molar-refractivity contribution in [3.8, 4) is 5.75 Å². The van der Waals surface area contributed by atoms with E-state index in [0.29, 0.717) is 6.10 Å². The molecule has 2 heterocycles. The lowest BCUT2D eigenvalue weighted by Crippen LogP contribution is -2.13. The van der Waals surface area contributed by atoms with Gasteiger partial charge in [0, 0.05) is 12.4 Å². The quantitative estimate of drug-likeness (QED) is 0.588. The maximum absolute atomic E-state index is 6.07. The Labute approximate surface area is 161 Å². The van der Waals surface area contributed by atoms with Crippen LogP contribution in [0, 0.1) is 0 Å². The minimum Gasteiger partial charge on any atom is -0.490 e. The van der Waals surface area contributed by atoms with E-state index in [1.807, 2.05) is 10.7 Å². The third-order valence-electron chi connectivity index (χ3n) is 4.99. The number of hydrogen-bond donors (Lipinski definition) is 1. The standard InChI is InChI=1S/C20H23BrN4O/c1-2-18(24-20-19-17(21)13-23-25(19)12-11-22-20)14-7-9-16(10-8-14)26-15-5-3-4-6-15/h7-13,15,18H,2-6H2,1H3,(H,22,24). The number of aromatic nitrogens is 3. The minimum absolute atomic E-state index is 0.177. The normalized spacial score (nSPS) is 16.1. The topological polar surface area (TPSA) is 51.5 Å². The lowest BCUT2D eigenvalue weighted by molar-refractivity contribution is 0.210. The van der Waals surface area contributed by atoms with Gasteiger partial charge in [-0.15, -0.1) is 0 Å². The van der Waals surface area contributed by atoms with Crippen molar-refractivity contribution in [2.75, 3.05) is 5.32 Å². The molecule has 1 atom stereocenters. The van der Waals surface area contributed by atoms with Crippen molar-refractivity contribution >= 4 is 27.3 Å². The SMILES string of the molecule is CCC(Nc1nccn2ncc(Br)c12)c1ccc(OC2CCCC2)cc1. The Kier molecular flexibility index (Phi) is 5.11. The van der Waals surface area contributed by atoms with Crippen molar-refractivity contribution in [3.05, 3.63) is 52.9 Å². The Hall–Kier alpha value is -2.08. The van der Waals surface area contributed by atoms with Crippen molar-refractivity contribution < 1.29 is 4.74 Å². The molecule has 0 radical (unpaired) electrons. The molecule has 6 heteroatoms. The lowest BCUT2D eigenvalue weighted by atomic mass is 10.0. The summed E-state index contributed by atoms with van der Waals surface area (Å²) in [4.78, 5) is 4.51. The van der Waals surface area contributed by atoms with Gasteiger partial charge < -0.3 is 10.1 Å². The minimum atomic E-state index is 0.177. The molecule has 0 aliphatic heterocycles. The van der Waals surface area contributed by atoms with Crippen molar-refractivity contribution in [3.63, 3.8) is 0 Å². The van der Waals surface area contributed by atoms with E-state index in [2.05, 4.69) is 62.5 Å². The van der Waals surface area contributed by atoms with Crippen LogP contribution in [0.15, 0.2) is 47.3 Å². The van der Waals surface area contributed by atoms with Gasteiger partial charge in [-0.25, -0.2) is 9.50 Å². The molecule has 1 aliphatic carbocycles. The van der Waals surface area contributed by atoms with Crippen LogP contribution in [0.5, 0.6) is 5.75 Å². The number of anilines is 1. The monoisotopic (exact) mass is 414 g/mol. The van der Waals surface area contributed by atoms with Gasteiger partial charge in [0.15, 0.2) is 5.82 Å².